The molecule has 0 bridgehead atoms. The lowest BCUT2D eigenvalue weighted by molar-refractivity contribution is -0.446. The maximum absolute atomic E-state index is 10.4. The Morgan fingerprint density at radius 2 is 0.722 bits per heavy atom. The van der Waals surface area contributed by atoms with Gasteiger partial charge in [0.2, 0.25) is 0 Å². The van der Waals surface area contributed by atoms with Crippen molar-refractivity contribution in [2.24, 2.45) is 0 Å². The number of nitrogens with zero attached hydrogens (tertiary/aromatic N) is 6. The molecule has 1 rings (SSSR count). The molecule has 1 aromatic heterocycles. The molecule has 0 aliphatic heterocycles. The molecule has 0 atom stereocenters. The lowest BCUT2D eigenvalue weighted by Crippen LogP contribution is -2.08. The van der Waals surface area contributed by atoms with Crippen molar-refractivity contribution < 1.29 is 19.7 Å². The van der Waals surface area contributed by atoms with E-state index in [1.807, 2.05) is 0 Å². The average molecular weight is 260 g/mol. The second-order valence-electron chi connectivity index (χ2n) is 2.55. The van der Waals surface area contributed by atoms with Crippen LogP contribution < -0.4 is 0 Å². The van der Waals surface area contributed by atoms with E-state index in [2.05, 4.69) is 9.97 Å². The van der Waals surface area contributed by atoms with E-state index >= 15 is 0 Å². The zero-order valence-corrected chi connectivity index (χ0v) is 7.95. The predicted molar refractivity (Wildman–Crippen MR) is 48.6 cm³/mol. The van der Waals surface area contributed by atoms with Crippen molar-refractivity contribution in [3.63, 3.8) is 0 Å². The van der Waals surface area contributed by atoms with Crippen molar-refractivity contribution in [3.8, 4) is 0 Å². The van der Waals surface area contributed by atoms with E-state index < -0.39 is 43.0 Å². The third-order valence-corrected chi connectivity index (χ3v) is 1.52. The van der Waals surface area contributed by atoms with Crippen LogP contribution in [0.5, 0.6) is 0 Å². The van der Waals surface area contributed by atoms with Gasteiger partial charge < -0.3 is 40.5 Å². The number of nitro groups is 4. The van der Waals surface area contributed by atoms with Gasteiger partial charge in [-0.15, -0.1) is 0 Å². The SMILES string of the molecule is O=[N+]([O-])c1nc([N+](=O)[O-])c([N+](=O)[O-])nc1[N+](=O)[O-]. The first kappa shape index (κ1) is 12.7. The number of rotatable bonds is 4. The van der Waals surface area contributed by atoms with Crippen molar-refractivity contribution in [3.05, 3.63) is 40.5 Å². The fraction of sp³-hybridized carbons (Fsp3) is 0. The summed E-state index contributed by atoms with van der Waals surface area (Å²) in [6, 6.07) is 0. The topological polar surface area (TPSA) is 198 Å². The quantitative estimate of drug-likeness (QED) is 0.528. The summed E-state index contributed by atoms with van der Waals surface area (Å²) in [5.41, 5.74) is 0. The second kappa shape index (κ2) is 4.28. The van der Waals surface area contributed by atoms with Gasteiger partial charge in [0, 0.05) is 9.97 Å². The van der Waals surface area contributed by atoms with Gasteiger partial charge in [0.1, 0.15) is 0 Å². The van der Waals surface area contributed by atoms with Crippen LogP contribution in [0.2, 0.25) is 0 Å². The van der Waals surface area contributed by atoms with E-state index in [4.69, 9.17) is 0 Å². The predicted octanol–water partition coefficient (Wildman–Crippen LogP) is 0.109. The molecule has 94 valence electrons. The van der Waals surface area contributed by atoms with E-state index in [0.717, 1.165) is 0 Å². The minimum atomic E-state index is -1.54. The van der Waals surface area contributed by atoms with Crippen molar-refractivity contribution in [2.75, 3.05) is 0 Å². The number of aromatic nitrogens is 2. The lowest BCUT2D eigenvalue weighted by atomic mass is 10.5. The Morgan fingerprint density at radius 1 is 0.556 bits per heavy atom. The van der Waals surface area contributed by atoms with Gasteiger partial charge >= 0.3 is 23.3 Å². The van der Waals surface area contributed by atoms with Crippen molar-refractivity contribution in [1.82, 2.24) is 9.97 Å². The summed E-state index contributed by atoms with van der Waals surface area (Å²) >= 11 is 0. The molecule has 0 saturated carbocycles. The molecule has 0 aliphatic rings. The Balaban J connectivity index is 3.71. The van der Waals surface area contributed by atoms with E-state index in [-0.39, 0.29) is 0 Å². The van der Waals surface area contributed by atoms with Crippen LogP contribution in [0.15, 0.2) is 0 Å². The van der Waals surface area contributed by atoms with E-state index in [1.165, 1.54) is 0 Å². The molecular weight excluding hydrogens is 260 g/mol. The molecule has 0 radical (unpaired) electrons. The van der Waals surface area contributed by atoms with Crippen LogP contribution in [0.1, 0.15) is 0 Å². The molecule has 0 unspecified atom stereocenters. The summed E-state index contributed by atoms with van der Waals surface area (Å²) in [4.78, 5) is 41.3. The Kier molecular flexibility index (Phi) is 3.03. The third kappa shape index (κ3) is 2.10. The van der Waals surface area contributed by atoms with Crippen LogP contribution in [0.25, 0.3) is 0 Å². The summed E-state index contributed by atoms with van der Waals surface area (Å²) in [5.74, 6) is -6.18. The van der Waals surface area contributed by atoms with Gasteiger partial charge in [-0.3, -0.25) is 0 Å². The summed E-state index contributed by atoms with van der Waals surface area (Å²) in [7, 11) is 0. The fourth-order valence-corrected chi connectivity index (χ4v) is 0.891. The van der Waals surface area contributed by atoms with Crippen LogP contribution in [-0.4, -0.2) is 29.7 Å². The van der Waals surface area contributed by atoms with Crippen LogP contribution >= 0.6 is 0 Å². The maximum atomic E-state index is 10.4. The molecule has 14 nitrogen and oxygen atoms in total. The largest absolute Gasteiger partial charge is 0.467 e. The Morgan fingerprint density at radius 3 is 0.833 bits per heavy atom. The molecule has 0 amide bonds. The zero-order chi connectivity index (χ0) is 14.0. The Hall–Kier alpha value is -3.32. The normalized spacial score (nSPS) is 9.78. The van der Waals surface area contributed by atoms with Gasteiger partial charge in [0.25, 0.3) is 0 Å². The van der Waals surface area contributed by atoms with Crippen molar-refractivity contribution in [2.45, 2.75) is 0 Å². The molecule has 1 aromatic rings. The molecule has 14 heteroatoms. The highest BCUT2D eigenvalue weighted by Gasteiger charge is 2.40. The molecule has 0 aliphatic carbocycles. The summed E-state index contributed by atoms with van der Waals surface area (Å²) in [6.07, 6.45) is 0. The van der Waals surface area contributed by atoms with Gasteiger partial charge in [0.15, 0.2) is 0 Å². The highest BCUT2D eigenvalue weighted by molar-refractivity contribution is 5.51. The van der Waals surface area contributed by atoms with Crippen LogP contribution in [-0.2, 0) is 0 Å². The Bertz CT molecular complexity index is 483. The van der Waals surface area contributed by atoms with Gasteiger partial charge in [-0.25, -0.2) is 0 Å². The maximum Gasteiger partial charge on any atom is 0.467 e. The molecule has 0 N–H and O–H groups in total. The first-order chi connectivity index (χ1) is 8.25. The van der Waals surface area contributed by atoms with Gasteiger partial charge in [-0.1, -0.05) is 0 Å². The molecule has 0 spiro atoms. The van der Waals surface area contributed by atoms with Crippen molar-refractivity contribution >= 4 is 23.3 Å². The first-order valence-electron chi connectivity index (χ1n) is 3.75. The highest BCUT2D eigenvalue weighted by Crippen LogP contribution is 2.30. The molecule has 0 fully saturated rings. The van der Waals surface area contributed by atoms with Gasteiger partial charge in [-0.2, -0.15) is 0 Å². The lowest BCUT2D eigenvalue weighted by Gasteiger charge is -1.98. The van der Waals surface area contributed by atoms with Crippen LogP contribution in [0, 0.1) is 40.5 Å². The molecule has 0 aromatic carbocycles. The van der Waals surface area contributed by atoms with Crippen LogP contribution in [0.3, 0.4) is 0 Å². The summed E-state index contributed by atoms with van der Waals surface area (Å²) in [6.45, 7) is 0. The standard InChI is InChI=1S/C4N6O8/c11-7(12)1-2(8(13)14)6-4(10(17)18)3(5-1)9(15)16. The summed E-state index contributed by atoms with van der Waals surface area (Å²) < 4.78 is 0. The second-order valence-corrected chi connectivity index (χ2v) is 2.55. The monoisotopic (exact) mass is 260 g/mol. The highest BCUT2D eigenvalue weighted by atomic mass is 16.7. The average Bonchev–Trinajstić information content (AvgIpc) is 2.26. The first-order valence-corrected chi connectivity index (χ1v) is 3.75. The van der Waals surface area contributed by atoms with Gasteiger partial charge in [-0.05, 0) is 19.7 Å². The van der Waals surface area contributed by atoms with Gasteiger partial charge in [0.05, 0.1) is 0 Å². The fourth-order valence-electron chi connectivity index (χ4n) is 0.891. The van der Waals surface area contributed by atoms with Crippen molar-refractivity contribution in [1.29, 1.82) is 0 Å². The van der Waals surface area contributed by atoms with E-state index in [1.54, 1.807) is 0 Å². The van der Waals surface area contributed by atoms with Crippen LogP contribution in [0.4, 0.5) is 23.3 Å². The minimum Gasteiger partial charge on any atom is -0.358 e. The molecule has 1 heterocycles. The van der Waals surface area contributed by atoms with E-state index in [9.17, 15) is 40.5 Å². The smallest absolute Gasteiger partial charge is 0.358 e. The zero-order valence-electron chi connectivity index (χ0n) is 7.95. The number of hydrogen-bond acceptors (Lipinski definition) is 10. The third-order valence-electron chi connectivity index (χ3n) is 1.52. The molecule has 0 saturated heterocycles. The number of hydrogen-bond donors (Lipinski definition) is 0. The minimum absolute atomic E-state index is 1.40. The summed E-state index contributed by atoms with van der Waals surface area (Å²) in [5, 5.41) is 41.6. The Labute approximate surface area is 94.5 Å². The molecule has 18 heavy (non-hydrogen) atoms. The molecular formula is C4N6O8. The van der Waals surface area contributed by atoms with E-state index in [0.29, 0.717) is 0 Å².